The summed E-state index contributed by atoms with van der Waals surface area (Å²) in [4.78, 5) is 28.6. The largest absolute Gasteiger partial charge is 0.508 e. The van der Waals surface area contributed by atoms with E-state index in [4.69, 9.17) is 0 Å². The lowest BCUT2D eigenvalue weighted by Gasteiger charge is -2.12. The molecule has 0 saturated carbocycles. The number of ketones is 1. The van der Waals surface area contributed by atoms with Crippen LogP contribution in [0.3, 0.4) is 0 Å². The molecule has 0 radical (unpaired) electrons. The van der Waals surface area contributed by atoms with Gasteiger partial charge in [-0.15, -0.1) is 0 Å². The molecule has 0 atom stereocenters. The quantitative estimate of drug-likeness (QED) is 0.435. The number of carbonyl (C=O) groups excluding carboxylic acids is 2. The van der Waals surface area contributed by atoms with Crippen LogP contribution in [0.4, 0.5) is 17.2 Å². The number of nitrogens with one attached hydrogen (secondary N) is 2. The highest BCUT2D eigenvalue weighted by Gasteiger charge is 2.11. The topological polar surface area (TPSA) is 91.3 Å². The monoisotopic (exact) mass is 361 g/mol. The Morgan fingerprint density at radius 2 is 1.63 bits per heavy atom. The highest BCUT2D eigenvalue weighted by molar-refractivity contribution is 6.00. The van der Waals surface area contributed by atoms with Crippen molar-refractivity contribution in [3.05, 3.63) is 78.5 Å². The Morgan fingerprint density at radius 3 is 2.37 bits per heavy atom. The van der Waals surface area contributed by atoms with E-state index in [0.29, 0.717) is 17.1 Å². The molecule has 0 saturated heterocycles. The Morgan fingerprint density at radius 1 is 0.889 bits per heavy atom. The zero-order valence-electron chi connectivity index (χ0n) is 14.6. The molecule has 136 valence electrons. The van der Waals surface area contributed by atoms with Gasteiger partial charge in [0, 0.05) is 30.3 Å². The Balaban J connectivity index is 1.61. The van der Waals surface area contributed by atoms with Crippen LogP contribution < -0.4 is 10.6 Å². The van der Waals surface area contributed by atoms with Crippen molar-refractivity contribution >= 4 is 28.9 Å². The molecule has 0 aliphatic carbocycles. The molecule has 1 heterocycles. The van der Waals surface area contributed by atoms with Crippen LogP contribution in [-0.2, 0) is 4.79 Å². The van der Waals surface area contributed by atoms with Crippen molar-refractivity contribution in [2.24, 2.45) is 0 Å². The summed E-state index contributed by atoms with van der Waals surface area (Å²) in [5.74, 6) is 0.310. The van der Waals surface area contributed by atoms with E-state index in [1.54, 1.807) is 66.9 Å². The smallest absolute Gasteiger partial charge is 0.224 e. The van der Waals surface area contributed by atoms with E-state index in [-0.39, 0.29) is 30.3 Å². The molecule has 3 N–H and O–H groups in total. The van der Waals surface area contributed by atoms with Crippen LogP contribution in [0.2, 0.25) is 0 Å². The van der Waals surface area contributed by atoms with Gasteiger partial charge < -0.3 is 15.7 Å². The SMILES string of the molecule is O=C(CCC(=O)c1ccccc1)Nc1cccnc1Nc1ccc(O)cc1. The van der Waals surface area contributed by atoms with Crippen molar-refractivity contribution in [2.75, 3.05) is 10.6 Å². The third-order valence-electron chi connectivity index (χ3n) is 3.89. The number of phenolic OH excluding ortho intramolecular Hbond substituents is 1. The number of nitrogens with zero attached hydrogens (tertiary/aromatic N) is 1. The lowest BCUT2D eigenvalue weighted by molar-refractivity contribution is -0.116. The predicted molar refractivity (Wildman–Crippen MR) is 104 cm³/mol. The van der Waals surface area contributed by atoms with Gasteiger partial charge in [-0.05, 0) is 36.4 Å². The van der Waals surface area contributed by atoms with Gasteiger partial charge in [0.05, 0.1) is 5.69 Å². The molecule has 0 aliphatic rings. The summed E-state index contributed by atoms with van der Waals surface area (Å²) >= 11 is 0. The summed E-state index contributed by atoms with van der Waals surface area (Å²) in [6.07, 6.45) is 1.83. The molecule has 0 unspecified atom stereocenters. The van der Waals surface area contributed by atoms with Crippen LogP contribution in [0.15, 0.2) is 72.9 Å². The normalized spacial score (nSPS) is 10.2. The van der Waals surface area contributed by atoms with E-state index in [1.165, 1.54) is 0 Å². The van der Waals surface area contributed by atoms with Crippen molar-refractivity contribution < 1.29 is 14.7 Å². The van der Waals surface area contributed by atoms with E-state index in [0.717, 1.165) is 5.69 Å². The van der Waals surface area contributed by atoms with Gasteiger partial charge in [0.25, 0.3) is 0 Å². The van der Waals surface area contributed by atoms with Gasteiger partial charge >= 0.3 is 0 Å². The Kier molecular flexibility index (Phi) is 5.79. The first-order valence-corrected chi connectivity index (χ1v) is 8.51. The molecule has 0 fully saturated rings. The number of Topliss-reactive ketones (excluding diaryl/α,β-unsaturated/α-hetero) is 1. The second kappa shape index (κ2) is 8.62. The van der Waals surface area contributed by atoms with Crippen LogP contribution in [0.25, 0.3) is 0 Å². The van der Waals surface area contributed by atoms with Gasteiger partial charge in [-0.1, -0.05) is 30.3 Å². The first kappa shape index (κ1) is 18.1. The number of hydrogen-bond donors (Lipinski definition) is 3. The van der Waals surface area contributed by atoms with Crippen molar-refractivity contribution in [2.45, 2.75) is 12.8 Å². The summed E-state index contributed by atoms with van der Waals surface area (Å²) in [5, 5.41) is 15.2. The number of anilines is 3. The van der Waals surface area contributed by atoms with E-state index in [9.17, 15) is 14.7 Å². The van der Waals surface area contributed by atoms with Crippen molar-refractivity contribution in [3.8, 4) is 5.75 Å². The summed E-state index contributed by atoms with van der Waals surface area (Å²) < 4.78 is 0. The standard InChI is InChI=1S/C21H19N3O3/c25-17-10-8-16(9-11-17)23-21-18(7-4-14-22-21)24-20(27)13-12-19(26)15-5-2-1-3-6-15/h1-11,14,25H,12-13H2,(H,22,23)(H,24,27). The number of benzene rings is 2. The summed E-state index contributed by atoms with van der Waals surface area (Å²) in [5.41, 5.74) is 1.84. The van der Waals surface area contributed by atoms with E-state index < -0.39 is 0 Å². The minimum Gasteiger partial charge on any atom is -0.508 e. The van der Waals surface area contributed by atoms with Crippen LogP contribution in [0.5, 0.6) is 5.75 Å². The number of amides is 1. The minimum atomic E-state index is -0.263. The average Bonchev–Trinajstić information content (AvgIpc) is 2.70. The first-order valence-electron chi connectivity index (χ1n) is 8.51. The van der Waals surface area contributed by atoms with Crippen LogP contribution in [0, 0.1) is 0 Å². The van der Waals surface area contributed by atoms with E-state index in [1.807, 2.05) is 6.07 Å². The second-order valence-corrected chi connectivity index (χ2v) is 5.91. The fourth-order valence-corrected chi connectivity index (χ4v) is 2.50. The molecular formula is C21H19N3O3. The molecule has 6 nitrogen and oxygen atoms in total. The van der Waals surface area contributed by atoms with Gasteiger partial charge in [0.15, 0.2) is 11.6 Å². The minimum absolute atomic E-state index is 0.0700. The average molecular weight is 361 g/mol. The Hall–Kier alpha value is -3.67. The summed E-state index contributed by atoms with van der Waals surface area (Å²) in [6.45, 7) is 0. The molecule has 1 amide bonds. The van der Waals surface area contributed by atoms with Crippen LogP contribution in [0.1, 0.15) is 23.2 Å². The number of hydrogen-bond acceptors (Lipinski definition) is 5. The van der Waals surface area contributed by atoms with Gasteiger partial charge in [-0.25, -0.2) is 4.98 Å². The Labute approximate surface area is 156 Å². The maximum absolute atomic E-state index is 12.2. The molecule has 0 aliphatic heterocycles. The molecular weight excluding hydrogens is 342 g/mol. The van der Waals surface area contributed by atoms with E-state index in [2.05, 4.69) is 15.6 Å². The second-order valence-electron chi connectivity index (χ2n) is 5.91. The highest BCUT2D eigenvalue weighted by atomic mass is 16.3. The third-order valence-corrected chi connectivity index (χ3v) is 3.89. The van der Waals surface area contributed by atoms with Crippen molar-refractivity contribution in [1.82, 2.24) is 4.98 Å². The molecule has 27 heavy (non-hydrogen) atoms. The van der Waals surface area contributed by atoms with Crippen molar-refractivity contribution in [3.63, 3.8) is 0 Å². The molecule has 1 aromatic heterocycles. The molecule has 3 rings (SSSR count). The molecule has 0 bridgehead atoms. The molecule has 0 spiro atoms. The van der Waals surface area contributed by atoms with E-state index >= 15 is 0 Å². The number of carbonyl (C=O) groups is 2. The predicted octanol–water partition coefficient (Wildman–Crippen LogP) is 4.13. The summed E-state index contributed by atoms with van der Waals surface area (Å²) in [6, 6.07) is 18.9. The fraction of sp³-hybridized carbons (Fsp3) is 0.0952. The number of pyridine rings is 1. The van der Waals surface area contributed by atoms with Gasteiger partial charge in [-0.3, -0.25) is 9.59 Å². The first-order chi connectivity index (χ1) is 13.1. The number of rotatable bonds is 7. The van der Waals surface area contributed by atoms with Gasteiger partial charge in [0.1, 0.15) is 5.75 Å². The summed E-state index contributed by atoms with van der Waals surface area (Å²) in [7, 11) is 0. The maximum atomic E-state index is 12.2. The fourth-order valence-electron chi connectivity index (χ4n) is 2.50. The molecule has 2 aromatic carbocycles. The molecule has 3 aromatic rings. The zero-order chi connectivity index (χ0) is 19.1. The number of aromatic hydroxyl groups is 1. The highest BCUT2D eigenvalue weighted by Crippen LogP contribution is 2.24. The zero-order valence-corrected chi connectivity index (χ0v) is 14.6. The maximum Gasteiger partial charge on any atom is 0.224 e. The van der Waals surface area contributed by atoms with Gasteiger partial charge in [-0.2, -0.15) is 0 Å². The number of phenols is 1. The van der Waals surface area contributed by atoms with Crippen LogP contribution in [-0.4, -0.2) is 21.8 Å². The van der Waals surface area contributed by atoms with Gasteiger partial charge in [0.2, 0.25) is 5.91 Å². The third kappa shape index (κ3) is 5.15. The Bertz CT molecular complexity index is 925. The van der Waals surface area contributed by atoms with Crippen LogP contribution >= 0.6 is 0 Å². The number of aromatic nitrogens is 1. The van der Waals surface area contributed by atoms with Crippen molar-refractivity contribution in [1.29, 1.82) is 0 Å². The molecule has 6 heteroatoms. The lowest BCUT2D eigenvalue weighted by Crippen LogP contribution is -2.15. The lowest BCUT2D eigenvalue weighted by atomic mass is 10.1.